The van der Waals surface area contributed by atoms with Crippen molar-refractivity contribution in [1.82, 2.24) is 0 Å². The summed E-state index contributed by atoms with van der Waals surface area (Å²) in [6, 6.07) is 16.2. The van der Waals surface area contributed by atoms with Crippen LogP contribution in [0.2, 0.25) is 0 Å². The number of hydrogen-bond donors (Lipinski definition) is 1. The van der Waals surface area contributed by atoms with E-state index >= 15 is 0 Å². The predicted octanol–water partition coefficient (Wildman–Crippen LogP) is 6.82. The van der Waals surface area contributed by atoms with Gasteiger partial charge in [0.2, 0.25) is 0 Å². The molecule has 0 spiro atoms. The summed E-state index contributed by atoms with van der Waals surface area (Å²) in [4.78, 5) is 4.33. The maximum absolute atomic E-state index is 12.3. The maximum atomic E-state index is 12.3. The van der Waals surface area contributed by atoms with Gasteiger partial charge in [-0.15, -0.1) is 0 Å². The highest BCUT2D eigenvalue weighted by Gasteiger charge is 2.00. The van der Waals surface area contributed by atoms with Gasteiger partial charge in [0, 0.05) is 11.9 Å². The molecule has 0 aliphatic heterocycles. The van der Waals surface area contributed by atoms with E-state index in [0.29, 0.717) is 18.7 Å². The van der Waals surface area contributed by atoms with E-state index in [1.807, 2.05) is 30.3 Å². The van der Waals surface area contributed by atoms with Crippen molar-refractivity contribution >= 4 is 23.0 Å². The van der Waals surface area contributed by atoms with Crippen LogP contribution in [0.4, 0.5) is 10.1 Å². The molecule has 2 rings (SSSR count). The fraction of sp³-hybridized carbons (Fsp3) is 0.208. The van der Waals surface area contributed by atoms with Gasteiger partial charge in [0.25, 0.3) is 0 Å². The van der Waals surface area contributed by atoms with Crippen LogP contribution in [0, 0.1) is 6.92 Å². The fourth-order valence-corrected chi connectivity index (χ4v) is 2.56. The third-order valence-electron chi connectivity index (χ3n) is 4.26. The molecule has 3 heteroatoms. The van der Waals surface area contributed by atoms with E-state index in [4.69, 9.17) is 0 Å². The minimum atomic E-state index is -0.311. The number of aliphatic imine (C=N–C) groups is 1. The lowest BCUT2D eigenvalue weighted by atomic mass is 10.0. The first kappa shape index (κ1) is 20.4. The molecule has 0 saturated carbocycles. The van der Waals surface area contributed by atoms with Crippen molar-refractivity contribution in [3.05, 3.63) is 90.3 Å². The van der Waals surface area contributed by atoms with E-state index in [1.165, 1.54) is 11.1 Å². The van der Waals surface area contributed by atoms with Crippen molar-refractivity contribution in [3.63, 3.8) is 0 Å². The first-order valence-electron chi connectivity index (χ1n) is 9.07. The molecule has 0 fully saturated rings. The van der Waals surface area contributed by atoms with Crippen LogP contribution in [0.3, 0.4) is 0 Å². The highest BCUT2D eigenvalue weighted by molar-refractivity contribution is 5.84. The van der Waals surface area contributed by atoms with E-state index in [9.17, 15) is 4.39 Å². The standard InChI is InChI=1S/C24H27FN2/c1-18-7-9-22(10-8-18)20(3)15-17-26-21(4)27-24-13-11-23(12-14-24)19(2)6-5-16-25/h7-15,17,27H,2,4-6,16H2,1,3H3/b20-15+,26-17-. The minimum Gasteiger partial charge on any atom is -0.341 e. The smallest absolute Gasteiger partial charge is 0.122 e. The molecular weight excluding hydrogens is 335 g/mol. The van der Waals surface area contributed by atoms with Crippen molar-refractivity contribution in [2.24, 2.45) is 4.99 Å². The van der Waals surface area contributed by atoms with Crippen molar-refractivity contribution in [2.75, 3.05) is 12.0 Å². The number of halogens is 1. The molecule has 0 aliphatic rings. The Hall–Kier alpha value is -2.94. The normalized spacial score (nSPS) is 11.6. The maximum Gasteiger partial charge on any atom is 0.122 e. The summed E-state index contributed by atoms with van der Waals surface area (Å²) in [6.07, 6.45) is 4.90. The van der Waals surface area contributed by atoms with Crippen LogP contribution < -0.4 is 5.32 Å². The fourth-order valence-electron chi connectivity index (χ4n) is 2.56. The molecule has 140 valence electrons. The number of hydrogen-bond acceptors (Lipinski definition) is 2. The summed E-state index contributed by atoms with van der Waals surface area (Å²) < 4.78 is 12.3. The largest absolute Gasteiger partial charge is 0.341 e. The van der Waals surface area contributed by atoms with E-state index in [0.717, 1.165) is 22.4 Å². The Morgan fingerprint density at radius 1 is 1.04 bits per heavy atom. The summed E-state index contributed by atoms with van der Waals surface area (Å²) >= 11 is 0. The number of rotatable bonds is 9. The van der Waals surface area contributed by atoms with E-state index in [-0.39, 0.29) is 6.67 Å². The van der Waals surface area contributed by atoms with Crippen molar-refractivity contribution in [3.8, 4) is 0 Å². The molecule has 2 nitrogen and oxygen atoms in total. The molecule has 0 heterocycles. The third-order valence-corrected chi connectivity index (χ3v) is 4.26. The molecule has 0 aromatic heterocycles. The second-order valence-corrected chi connectivity index (χ2v) is 6.54. The van der Waals surface area contributed by atoms with E-state index in [1.54, 1.807) is 6.21 Å². The van der Waals surface area contributed by atoms with Crippen LogP contribution in [-0.2, 0) is 0 Å². The number of alkyl halides is 1. The average molecular weight is 362 g/mol. The molecule has 0 unspecified atom stereocenters. The quantitative estimate of drug-likeness (QED) is 0.487. The van der Waals surface area contributed by atoms with Crippen LogP contribution in [0.5, 0.6) is 0 Å². The van der Waals surface area contributed by atoms with Crippen LogP contribution in [0.15, 0.2) is 78.6 Å². The lowest BCUT2D eigenvalue weighted by Gasteiger charge is -2.08. The van der Waals surface area contributed by atoms with Gasteiger partial charge in [0.1, 0.15) is 5.82 Å². The summed E-state index contributed by atoms with van der Waals surface area (Å²) in [5, 5.41) is 3.16. The van der Waals surface area contributed by atoms with E-state index in [2.05, 4.69) is 61.6 Å². The van der Waals surface area contributed by atoms with Gasteiger partial charge in [-0.25, -0.2) is 4.99 Å². The van der Waals surface area contributed by atoms with Gasteiger partial charge in [-0.05, 0) is 67.2 Å². The molecule has 0 amide bonds. The lowest BCUT2D eigenvalue weighted by Crippen LogP contribution is -1.96. The predicted molar refractivity (Wildman–Crippen MR) is 117 cm³/mol. The Morgan fingerprint density at radius 2 is 1.67 bits per heavy atom. The molecule has 0 atom stereocenters. The summed E-state index contributed by atoms with van der Waals surface area (Å²) in [5.74, 6) is 0.562. The van der Waals surface area contributed by atoms with Gasteiger partial charge in [0.05, 0.1) is 6.67 Å². The zero-order chi connectivity index (χ0) is 19.6. The van der Waals surface area contributed by atoms with E-state index < -0.39 is 0 Å². The Labute approximate surface area is 161 Å². The summed E-state index contributed by atoms with van der Waals surface area (Å²) in [5.41, 5.74) is 6.44. The Kier molecular flexibility index (Phi) is 7.75. The Bertz CT molecular complexity index is 828. The number of nitrogens with one attached hydrogen (secondary N) is 1. The van der Waals surface area contributed by atoms with Gasteiger partial charge >= 0.3 is 0 Å². The van der Waals surface area contributed by atoms with Crippen LogP contribution in [0.25, 0.3) is 11.1 Å². The molecule has 2 aromatic rings. The van der Waals surface area contributed by atoms with Crippen molar-refractivity contribution < 1.29 is 4.39 Å². The van der Waals surface area contributed by atoms with Gasteiger partial charge in [-0.2, -0.15) is 0 Å². The topological polar surface area (TPSA) is 24.4 Å². The molecule has 1 N–H and O–H groups in total. The number of aryl methyl sites for hydroxylation is 1. The van der Waals surface area contributed by atoms with Crippen LogP contribution in [-0.4, -0.2) is 12.9 Å². The third kappa shape index (κ3) is 6.70. The zero-order valence-electron chi connectivity index (χ0n) is 16.1. The first-order valence-corrected chi connectivity index (χ1v) is 9.07. The monoisotopic (exact) mass is 362 g/mol. The Balaban J connectivity index is 1.91. The van der Waals surface area contributed by atoms with Gasteiger partial charge in [-0.1, -0.05) is 55.1 Å². The molecular formula is C24H27FN2. The summed E-state index contributed by atoms with van der Waals surface area (Å²) in [7, 11) is 0. The van der Waals surface area contributed by atoms with Crippen LogP contribution in [0.1, 0.15) is 36.5 Å². The van der Waals surface area contributed by atoms with Crippen molar-refractivity contribution in [1.29, 1.82) is 0 Å². The van der Waals surface area contributed by atoms with Gasteiger partial charge < -0.3 is 5.32 Å². The molecule has 0 saturated heterocycles. The molecule has 0 bridgehead atoms. The zero-order valence-corrected chi connectivity index (χ0v) is 16.1. The lowest BCUT2D eigenvalue weighted by molar-refractivity contribution is 0.477. The SMILES string of the molecule is C=C(/N=C\C=C(/C)c1ccc(C)cc1)Nc1ccc(C(=C)CCCF)cc1. The number of anilines is 1. The highest BCUT2D eigenvalue weighted by atomic mass is 19.1. The van der Waals surface area contributed by atoms with Gasteiger partial charge in [0.15, 0.2) is 0 Å². The first-order chi connectivity index (χ1) is 13.0. The molecule has 0 aliphatic carbocycles. The van der Waals surface area contributed by atoms with Crippen molar-refractivity contribution in [2.45, 2.75) is 26.7 Å². The molecule has 2 aromatic carbocycles. The second kappa shape index (κ2) is 10.3. The molecule has 0 radical (unpaired) electrons. The summed E-state index contributed by atoms with van der Waals surface area (Å²) in [6.45, 7) is 11.8. The Morgan fingerprint density at radius 3 is 2.30 bits per heavy atom. The number of benzene rings is 2. The number of nitrogens with zero attached hydrogens (tertiary/aromatic N) is 1. The molecule has 27 heavy (non-hydrogen) atoms. The average Bonchev–Trinajstić information content (AvgIpc) is 2.67. The second-order valence-electron chi connectivity index (χ2n) is 6.54. The highest BCUT2D eigenvalue weighted by Crippen LogP contribution is 2.21. The minimum absolute atomic E-state index is 0.311. The van der Waals surface area contributed by atoms with Crippen LogP contribution >= 0.6 is 0 Å². The van der Waals surface area contributed by atoms with Gasteiger partial charge in [-0.3, -0.25) is 4.39 Å². The number of allylic oxidation sites excluding steroid dienone is 3.